The van der Waals surface area contributed by atoms with E-state index in [4.69, 9.17) is 5.73 Å². The molecular weight excluding hydrogens is 208 g/mol. The minimum Gasteiger partial charge on any atom is -0.326 e. The van der Waals surface area contributed by atoms with Crippen molar-refractivity contribution in [2.24, 2.45) is 5.73 Å². The number of nitrogens with two attached hydrogens (primary N) is 1. The summed E-state index contributed by atoms with van der Waals surface area (Å²) >= 11 is 0. The molecule has 0 aromatic heterocycles. The van der Waals surface area contributed by atoms with Crippen molar-refractivity contribution in [3.05, 3.63) is 35.4 Å². The summed E-state index contributed by atoms with van der Waals surface area (Å²) in [6, 6.07) is 9.50. The molecule has 2 aliphatic rings. The van der Waals surface area contributed by atoms with Gasteiger partial charge in [-0.15, -0.1) is 0 Å². The summed E-state index contributed by atoms with van der Waals surface area (Å²) in [5, 5.41) is 3.35. The number of hydrogen-bond acceptors (Lipinski definition) is 2. The quantitative estimate of drug-likeness (QED) is 0.817. The smallest absolute Gasteiger partial charge is 0.0235 e. The molecule has 0 radical (unpaired) electrons. The highest BCUT2D eigenvalue weighted by Crippen LogP contribution is 2.47. The fraction of sp³-hybridized carbons (Fsp3) is 0.600. The monoisotopic (exact) mass is 230 g/mol. The molecule has 1 aliphatic carbocycles. The highest BCUT2D eigenvalue weighted by molar-refractivity contribution is 5.34. The Morgan fingerprint density at radius 1 is 1.24 bits per heavy atom. The van der Waals surface area contributed by atoms with Gasteiger partial charge in [0.05, 0.1) is 0 Å². The molecule has 2 unspecified atom stereocenters. The van der Waals surface area contributed by atoms with Crippen LogP contribution in [-0.2, 0) is 5.41 Å². The van der Waals surface area contributed by atoms with E-state index < -0.39 is 0 Å². The van der Waals surface area contributed by atoms with Crippen LogP contribution in [0.3, 0.4) is 0 Å². The van der Waals surface area contributed by atoms with Gasteiger partial charge in [-0.3, -0.25) is 0 Å². The summed E-state index contributed by atoms with van der Waals surface area (Å²) in [5.41, 5.74) is 9.59. The Labute approximate surface area is 104 Å². The van der Waals surface area contributed by atoms with Gasteiger partial charge in [0.25, 0.3) is 0 Å². The summed E-state index contributed by atoms with van der Waals surface area (Å²) in [6.07, 6.45) is 3.86. The average molecular weight is 230 g/mol. The van der Waals surface area contributed by atoms with Crippen molar-refractivity contribution in [3.8, 4) is 0 Å². The van der Waals surface area contributed by atoms with Crippen molar-refractivity contribution in [2.45, 2.75) is 43.6 Å². The maximum Gasteiger partial charge on any atom is 0.0235 e. The van der Waals surface area contributed by atoms with Gasteiger partial charge in [-0.05, 0) is 42.3 Å². The molecule has 17 heavy (non-hydrogen) atoms. The van der Waals surface area contributed by atoms with Crippen LogP contribution in [0.4, 0.5) is 0 Å². The van der Waals surface area contributed by atoms with E-state index in [1.54, 1.807) is 0 Å². The molecule has 2 heteroatoms. The molecule has 3 rings (SSSR count). The maximum absolute atomic E-state index is 6.18. The van der Waals surface area contributed by atoms with Gasteiger partial charge in [-0.1, -0.05) is 31.2 Å². The van der Waals surface area contributed by atoms with E-state index in [2.05, 4.69) is 36.5 Å². The SMILES string of the molecule is CC1(c2ccc(C3CCNCC3N)cc2)CC1. The van der Waals surface area contributed by atoms with E-state index in [-0.39, 0.29) is 6.04 Å². The standard InChI is InChI=1S/C15H22N2/c1-15(7-8-15)12-4-2-11(3-5-12)13-6-9-17-10-14(13)16/h2-5,13-14,17H,6-10,16H2,1H3. The number of nitrogens with one attached hydrogen (secondary N) is 1. The van der Waals surface area contributed by atoms with E-state index in [0.29, 0.717) is 11.3 Å². The molecular formula is C15H22N2. The number of benzene rings is 1. The van der Waals surface area contributed by atoms with E-state index >= 15 is 0 Å². The molecule has 2 nitrogen and oxygen atoms in total. The lowest BCUT2D eigenvalue weighted by molar-refractivity contribution is 0.403. The topological polar surface area (TPSA) is 38.0 Å². The zero-order valence-electron chi connectivity index (χ0n) is 10.6. The Balaban J connectivity index is 1.79. The van der Waals surface area contributed by atoms with E-state index in [1.165, 1.54) is 24.0 Å². The van der Waals surface area contributed by atoms with Gasteiger partial charge in [-0.25, -0.2) is 0 Å². The maximum atomic E-state index is 6.18. The second kappa shape index (κ2) is 4.11. The van der Waals surface area contributed by atoms with Crippen molar-refractivity contribution in [1.82, 2.24) is 5.32 Å². The fourth-order valence-corrected chi connectivity index (χ4v) is 2.91. The van der Waals surface area contributed by atoms with Gasteiger partial charge >= 0.3 is 0 Å². The number of piperidine rings is 1. The van der Waals surface area contributed by atoms with E-state index in [0.717, 1.165) is 19.5 Å². The third-order valence-corrected chi connectivity index (χ3v) is 4.56. The molecule has 1 aliphatic heterocycles. The molecule has 1 aromatic rings. The van der Waals surface area contributed by atoms with Crippen LogP contribution in [0, 0.1) is 0 Å². The summed E-state index contributed by atoms with van der Waals surface area (Å²) < 4.78 is 0. The predicted molar refractivity (Wildman–Crippen MR) is 71.2 cm³/mol. The summed E-state index contributed by atoms with van der Waals surface area (Å²) in [6.45, 7) is 4.40. The lowest BCUT2D eigenvalue weighted by Gasteiger charge is -2.30. The van der Waals surface area contributed by atoms with Crippen LogP contribution < -0.4 is 11.1 Å². The molecule has 2 atom stereocenters. The van der Waals surface area contributed by atoms with Gasteiger partial charge < -0.3 is 11.1 Å². The molecule has 1 saturated heterocycles. The number of hydrogen-bond donors (Lipinski definition) is 2. The zero-order chi connectivity index (χ0) is 11.9. The molecule has 3 N–H and O–H groups in total. The van der Waals surface area contributed by atoms with Gasteiger partial charge in [0.2, 0.25) is 0 Å². The van der Waals surface area contributed by atoms with E-state index in [9.17, 15) is 0 Å². The van der Waals surface area contributed by atoms with Gasteiger partial charge in [-0.2, -0.15) is 0 Å². The Kier molecular flexibility index (Phi) is 2.72. The third kappa shape index (κ3) is 2.12. The van der Waals surface area contributed by atoms with Gasteiger partial charge in [0, 0.05) is 18.5 Å². The summed E-state index contributed by atoms with van der Waals surface area (Å²) in [7, 11) is 0. The second-order valence-electron chi connectivity index (χ2n) is 5.95. The van der Waals surface area contributed by atoms with Crippen LogP contribution >= 0.6 is 0 Å². The van der Waals surface area contributed by atoms with Crippen LogP contribution in [0.15, 0.2) is 24.3 Å². The normalized spacial score (nSPS) is 31.2. The second-order valence-corrected chi connectivity index (χ2v) is 5.95. The minimum absolute atomic E-state index is 0.270. The van der Waals surface area contributed by atoms with Crippen molar-refractivity contribution in [2.75, 3.05) is 13.1 Å². The lowest BCUT2D eigenvalue weighted by Crippen LogP contribution is -2.44. The molecule has 1 saturated carbocycles. The molecule has 92 valence electrons. The molecule has 0 spiro atoms. The minimum atomic E-state index is 0.270. The first-order valence-electron chi connectivity index (χ1n) is 6.76. The Morgan fingerprint density at radius 2 is 1.94 bits per heavy atom. The first-order valence-corrected chi connectivity index (χ1v) is 6.76. The molecule has 2 fully saturated rings. The van der Waals surface area contributed by atoms with Crippen molar-refractivity contribution < 1.29 is 0 Å². The average Bonchev–Trinajstić information content (AvgIpc) is 3.10. The van der Waals surface area contributed by atoms with Crippen molar-refractivity contribution in [3.63, 3.8) is 0 Å². The summed E-state index contributed by atoms with van der Waals surface area (Å²) in [4.78, 5) is 0. The first-order chi connectivity index (χ1) is 8.19. The molecule has 1 heterocycles. The first kappa shape index (κ1) is 11.2. The number of rotatable bonds is 2. The largest absolute Gasteiger partial charge is 0.326 e. The predicted octanol–water partition coefficient (Wildman–Crippen LogP) is 2.14. The fourth-order valence-electron chi connectivity index (χ4n) is 2.91. The van der Waals surface area contributed by atoms with Crippen LogP contribution in [0.5, 0.6) is 0 Å². The summed E-state index contributed by atoms with van der Waals surface area (Å²) in [5.74, 6) is 0.539. The van der Waals surface area contributed by atoms with E-state index in [1.807, 2.05) is 0 Å². The Bertz CT molecular complexity index is 392. The lowest BCUT2D eigenvalue weighted by atomic mass is 9.85. The molecule has 0 bridgehead atoms. The Hall–Kier alpha value is -0.860. The molecule has 0 amide bonds. The zero-order valence-corrected chi connectivity index (χ0v) is 10.6. The van der Waals surface area contributed by atoms with Crippen molar-refractivity contribution >= 4 is 0 Å². The Morgan fingerprint density at radius 3 is 2.53 bits per heavy atom. The van der Waals surface area contributed by atoms with Crippen LogP contribution in [0.1, 0.15) is 43.2 Å². The third-order valence-electron chi connectivity index (χ3n) is 4.56. The van der Waals surface area contributed by atoms with Crippen LogP contribution in [0.25, 0.3) is 0 Å². The van der Waals surface area contributed by atoms with Crippen molar-refractivity contribution in [1.29, 1.82) is 0 Å². The molecule has 1 aromatic carbocycles. The van der Waals surface area contributed by atoms with Crippen LogP contribution in [0.2, 0.25) is 0 Å². The van der Waals surface area contributed by atoms with Gasteiger partial charge in [0.1, 0.15) is 0 Å². The highest BCUT2D eigenvalue weighted by Gasteiger charge is 2.38. The highest BCUT2D eigenvalue weighted by atomic mass is 14.9. The van der Waals surface area contributed by atoms with Crippen LogP contribution in [-0.4, -0.2) is 19.1 Å². The van der Waals surface area contributed by atoms with Gasteiger partial charge in [0.15, 0.2) is 0 Å².